The normalized spacial score (nSPS) is 11.5. The summed E-state index contributed by atoms with van der Waals surface area (Å²) in [5, 5.41) is 0.955. The van der Waals surface area contributed by atoms with Crippen LogP contribution in [0.2, 0.25) is 0 Å². The van der Waals surface area contributed by atoms with E-state index in [1.807, 2.05) is 45.2 Å². The van der Waals surface area contributed by atoms with Crippen LogP contribution in [-0.2, 0) is 4.74 Å². The van der Waals surface area contributed by atoms with Crippen molar-refractivity contribution in [2.45, 2.75) is 32.8 Å². The van der Waals surface area contributed by atoms with Gasteiger partial charge in [0.2, 0.25) is 0 Å². The predicted octanol–water partition coefficient (Wildman–Crippen LogP) is 6.37. The highest BCUT2D eigenvalue weighted by molar-refractivity contribution is 9.10. The third kappa shape index (κ3) is 5.53. The second-order valence-electron chi connectivity index (χ2n) is 8.14. The second-order valence-corrected chi connectivity index (χ2v) is 9.05. The van der Waals surface area contributed by atoms with Gasteiger partial charge in [0, 0.05) is 52.4 Å². The molecule has 0 aliphatic rings. The van der Waals surface area contributed by atoms with Crippen LogP contribution in [0.1, 0.15) is 27.2 Å². The zero-order valence-corrected chi connectivity index (χ0v) is 19.2. The molecule has 1 aromatic heterocycles. The smallest absolute Gasteiger partial charge is 0.410 e. The summed E-state index contributed by atoms with van der Waals surface area (Å²) in [5.74, 6) is 0.112. The van der Waals surface area contributed by atoms with E-state index in [9.17, 15) is 9.18 Å². The molecule has 0 aliphatic carbocycles. The molecular weight excluding hydrogens is 451 g/mol. The Morgan fingerprint density at radius 1 is 1.17 bits per heavy atom. The average Bonchev–Trinajstić information content (AvgIpc) is 3.06. The van der Waals surface area contributed by atoms with Gasteiger partial charge in [-0.2, -0.15) is 0 Å². The number of carbonyl (C=O) groups excluding carboxylic acids is 1. The van der Waals surface area contributed by atoms with Crippen LogP contribution in [0, 0.1) is 5.82 Å². The van der Waals surface area contributed by atoms with Gasteiger partial charge in [-0.3, -0.25) is 0 Å². The number of hydrogen-bond donors (Lipinski definition) is 1. The lowest BCUT2D eigenvalue weighted by molar-refractivity contribution is 0.0292. The zero-order valence-electron chi connectivity index (χ0n) is 17.6. The van der Waals surface area contributed by atoms with Gasteiger partial charge < -0.3 is 19.4 Å². The standard InChI is InChI=1S/C23H26BrFN2O3/c1-23(2,3)30-22(28)27(4)10-5-11-29-16-7-9-17(20(25)13-16)19-14-26-21-12-15(24)6-8-18(19)21/h6-9,12-14,26H,5,10-11H2,1-4H3. The number of fused-ring (bicyclic) bond motifs is 1. The number of ether oxygens (including phenoxy) is 2. The summed E-state index contributed by atoms with van der Waals surface area (Å²) in [6.45, 7) is 6.34. The minimum absolute atomic E-state index is 0.345. The van der Waals surface area contributed by atoms with Crippen molar-refractivity contribution in [1.29, 1.82) is 0 Å². The first-order valence-electron chi connectivity index (χ1n) is 9.77. The summed E-state index contributed by atoms with van der Waals surface area (Å²) < 4.78 is 26.7. The number of nitrogens with zero attached hydrogens (tertiary/aromatic N) is 1. The maximum Gasteiger partial charge on any atom is 0.410 e. The first kappa shape index (κ1) is 22.2. The summed E-state index contributed by atoms with van der Waals surface area (Å²) in [7, 11) is 1.68. The Labute approximate surface area is 184 Å². The number of aromatic amines is 1. The molecule has 3 aromatic rings. The molecule has 0 saturated carbocycles. The van der Waals surface area contributed by atoms with Gasteiger partial charge in [0.15, 0.2) is 0 Å². The van der Waals surface area contributed by atoms with Crippen LogP contribution < -0.4 is 4.74 Å². The summed E-state index contributed by atoms with van der Waals surface area (Å²) in [4.78, 5) is 16.6. The van der Waals surface area contributed by atoms with E-state index >= 15 is 0 Å². The largest absolute Gasteiger partial charge is 0.493 e. The molecule has 1 N–H and O–H groups in total. The lowest BCUT2D eigenvalue weighted by atomic mass is 10.0. The monoisotopic (exact) mass is 476 g/mol. The molecule has 0 radical (unpaired) electrons. The number of hydrogen-bond acceptors (Lipinski definition) is 3. The zero-order chi connectivity index (χ0) is 21.9. The highest BCUT2D eigenvalue weighted by Crippen LogP contribution is 2.33. The maximum absolute atomic E-state index is 14.7. The van der Waals surface area contributed by atoms with Gasteiger partial charge in [0.25, 0.3) is 0 Å². The van der Waals surface area contributed by atoms with Crippen LogP contribution >= 0.6 is 15.9 Å². The molecule has 0 unspecified atom stereocenters. The molecule has 2 aromatic carbocycles. The van der Waals surface area contributed by atoms with E-state index in [-0.39, 0.29) is 11.9 Å². The summed E-state index contributed by atoms with van der Waals surface area (Å²) >= 11 is 3.44. The van der Waals surface area contributed by atoms with Crippen molar-refractivity contribution in [3.05, 3.63) is 52.9 Å². The summed E-state index contributed by atoms with van der Waals surface area (Å²) in [6.07, 6.45) is 2.04. The molecule has 30 heavy (non-hydrogen) atoms. The predicted molar refractivity (Wildman–Crippen MR) is 120 cm³/mol. The van der Waals surface area contributed by atoms with Crippen LogP contribution in [0.5, 0.6) is 5.75 Å². The molecule has 7 heteroatoms. The quantitative estimate of drug-likeness (QED) is 0.420. The van der Waals surface area contributed by atoms with Crippen molar-refractivity contribution in [3.63, 3.8) is 0 Å². The van der Waals surface area contributed by atoms with Crippen molar-refractivity contribution < 1.29 is 18.7 Å². The number of rotatable bonds is 6. The van der Waals surface area contributed by atoms with Gasteiger partial charge in [-0.1, -0.05) is 22.0 Å². The van der Waals surface area contributed by atoms with Gasteiger partial charge in [0.05, 0.1) is 6.61 Å². The third-order valence-electron chi connectivity index (χ3n) is 4.49. The highest BCUT2D eigenvalue weighted by atomic mass is 79.9. The number of halogens is 2. The first-order chi connectivity index (χ1) is 14.1. The molecule has 1 amide bonds. The number of nitrogens with one attached hydrogen (secondary N) is 1. The average molecular weight is 477 g/mol. The summed E-state index contributed by atoms with van der Waals surface area (Å²) in [6, 6.07) is 10.7. The molecular formula is C23H26BrFN2O3. The fourth-order valence-corrected chi connectivity index (χ4v) is 3.41. The van der Waals surface area contributed by atoms with Crippen LogP contribution in [0.15, 0.2) is 47.1 Å². The van der Waals surface area contributed by atoms with E-state index in [1.54, 1.807) is 19.2 Å². The van der Waals surface area contributed by atoms with Gasteiger partial charge in [-0.15, -0.1) is 0 Å². The minimum atomic E-state index is -0.525. The van der Waals surface area contributed by atoms with Gasteiger partial charge in [-0.05, 0) is 51.5 Å². The number of aromatic nitrogens is 1. The van der Waals surface area contributed by atoms with E-state index < -0.39 is 5.60 Å². The summed E-state index contributed by atoms with van der Waals surface area (Å²) in [5.41, 5.74) is 1.73. The Morgan fingerprint density at radius 2 is 1.93 bits per heavy atom. The number of H-pyrrole nitrogens is 1. The van der Waals surface area contributed by atoms with E-state index in [1.165, 1.54) is 11.0 Å². The Bertz CT molecular complexity index is 1040. The number of amides is 1. The van der Waals surface area contributed by atoms with Crippen molar-refractivity contribution in [3.8, 4) is 16.9 Å². The van der Waals surface area contributed by atoms with E-state index in [0.29, 0.717) is 30.9 Å². The molecule has 0 atom stereocenters. The topological polar surface area (TPSA) is 54.6 Å². The molecule has 0 bridgehead atoms. The lowest BCUT2D eigenvalue weighted by Crippen LogP contribution is -2.35. The van der Waals surface area contributed by atoms with E-state index in [0.717, 1.165) is 20.9 Å². The van der Waals surface area contributed by atoms with Crippen LogP contribution in [0.4, 0.5) is 9.18 Å². The second kappa shape index (κ2) is 9.08. The Morgan fingerprint density at radius 3 is 2.63 bits per heavy atom. The first-order valence-corrected chi connectivity index (χ1v) is 10.6. The molecule has 0 fully saturated rings. The number of carbonyl (C=O) groups is 1. The van der Waals surface area contributed by atoms with Crippen LogP contribution in [0.3, 0.4) is 0 Å². The molecule has 0 saturated heterocycles. The van der Waals surface area contributed by atoms with Crippen LogP contribution in [-0.4, -0.2) is 41.8 Å². The molecule has 3 rings (SSSR count). The fourth-order valence-electron chi connectivity index (χ4n) is 3.05. The van der Waals surface area contributed by atoms with E-state index in [2.05, 4.69) is 20.9 Å². The fraction of sp³-hybridized carbons (Fsp3) is 0.348. The molecule has 1 heterocycles. The Hall–Kier alpha value is -2.54. The van der Waals surface area contributed by atoms with E-state index in [4.69, 9.17) is 9.47 Å². The van der Waals surface area contributed by atoms with Crippen LogP contribution in [0.25, 0.3) is 22.0 Å². The van der Waals surface area contributed by atoms with Crippen molar-refractivity contribution in [1.82, 2.24) is 9.88 Å². The van der Waals surface area contributed by atoms with Crippen molar-refractivity contribution in [2.24, 2.45) is 0 Å². The Balaban J connectivity index is 1.57. The maximum atomic E-state index is 14.7. The third-order valence-corrected chi connectivity index (χ3v) is 4.98. The molecule has 160 valence electrons. The van der Waals surface area contributed by atoms with Gasteiger partial charge in [0.1, 0.15) is 17.2 Å². The number of benzene rings is 2. The minimum Gasteiger partial charge on any atom is -0.493 e. The van der Waals surface area contributed by atoms with Crippen molar-refractivity contribution >= 4 is 32.9 Å². The van der Waals surface area contributed by atoms with Gasteiger partial charge >= 0.3 is 6.09 Å². The highest BCUT2D eigenvalue weighted by Gasteiger charge is 2.19. The van der Waals surface area contributed by atoms with Gasteiger partial charge in [-0.25, -0.2) is 9.18 Å². The molecule has 5 nitrogen and oxygen atoms in total. The molecule has 0 spiro atoms. The molecule has 0 aliphatic heterocycles. The Kier molecular flexibility index (Phi) is 6.71. The van der Waals surface area contributed by atoms with Crippen molar-refractivity contribution in [2.75, 3.05) is 20.2 Å². The SMILES string of the molecule is CN(CCCOc1ccc(-c2c[nH]c3cc(Br)ccc23)c(F)c1)C(=O)OC(C)(C)C. The lowest BCUT2D eigenvalue weighted by Gasteiger charge is -2.24.